The number of benzene rings is 1. The monoisotopic (exact) mass is 389 g/mol. The summed E-state index contributed by atoms with van der Waals surface area (Å²) < 4.78 is 21.5. The number of likely N-dealkylation sites (tertiary alicyclic amines) is 1. The summed E-state index contributed by atoms with van der Waals surface area (Å²) in [5, 5.41) is 0. The minimum atomic E-state index is -1.71. The number of Topliss-reactive ketones (excluding diaryl/α,β-unsaturated/α-hetero) is 1. The average Bonchev–Trinajstić information content (AvgIpc) is 3.12. The lowest BCUT2D eigenvalue weighted by Crippen LogP contribution is -2.34. The van der Waals surface area contributed by atoms with E-state index >= 15 is 0 Å². The van der Waals surface area contributed by atoms with Crippen LogP contribution in [0, 0.1) is 0 Å². The number of nitrogens with zero attached hydrogens (tertiary/aromatic N) is 1. The molecule has 9 heteroatoms. The SMILES string of the molecule is COc1cccc(C2(C)OC(N3C(=O)CCC3=O)=C(OC(C)=O)C2=O)c1OC. The zero-order valence-electron chi connectivity index (χ0n) is 15.9. The molecular formula is C19H19NO8. The van der Waals surface area contributed by atoms with Gasteiger partial charge in [-0.1, -0.05) is 12.1 Å². The van der Waals surface area contributed by atoms with Gasteiger partial charge >= 0.3 is 5.97 Å². The Balaban J connectivity index is 2.14. The van der Waals surface area contributed by atoms with Gasteiger partial charge in [0.15, 0.2) is 11.5 Å². The van der Waals surface area contributed by atoms with Crippen LogP contribution < -0.4 is 9.47 Å². The van der Waals surface area contributed by atoms with Crippen molar-refractivity contribution in [1.29, 1.82) is 0 Å². The first-order valence-electron chi connectivity index (χ1n) is 8.48. The molecule has 0 aromatic heterocycles. The molecule has 2 aliphatic heterocycles. The van der Waals surface area contributed by atoms with Crippen molar-refractivity contribution in [1.82, 2.24) is 4.90 Å². The molecule has 28 heavy (non-hydrogen) atoms. The van der Waals surface area contributed by atoms with Crippen LogP contribution in [0.4, 0.5) is 0 Å². The normalized spacial score (nSPS) is 21.9. The predicted molar refractivity (Wildman–Crippen MR) is 92.9 cm³/mol. The Kier molecular flexibility index (Phi) is 4.84. The highest BCUT2D eigenvalue weighted by atomic mass is 16.6. The Morgan fingerprint density at radius 2 is 1.75 bits per heavy atom. The van der Waals surface area contributed by atoms with Crippen LogP contribution in [-0.4, -0.2) is 42.7 Å². The van der Waals surface area contributed by atoms with Crippen LogP contribution in [0.1, 0.15) is 32.3 Å². The molecule has 9 nitrogen and oxygen atoms in total. The van der Waals surface area contributed by atoms with E-state index in [2.05, 4.69) is 0 Å². The van der Waals surface area contributed by atoms with Gasteiger partial charge in [-0.3, -0.25) is 19.2 Å². The first kappa shape index (κ1) is 19.4. The van der Waals surface area contributed by atoms with E-state index in [1.165, 1.54) is 21.1 Å². The smallest absolute Gasteiger partial charge is 0.308 e. The number of carbonyl (C=O) groups excluding carboxylic acids is 4. The van der Waals surface area contributed by atoms with Crippen LogP contribution in [0.25, 0.3) is 0 Å². The zero-order valence-corrected chi connectivity index (χ0v) is 15.9. The summed E-state index contributed by atoms with van der Waals surface area (Å²) in [5.74, 6) is -2.89. The molecule has 2 amide bonds. The average molecular weight is 389 g/mol. The fourth-order valence-corrected chi connectivity index (χ4v) is 3.22. The van der Waals surface area contributed by atoms with Gasteiger partial charge in [-0.05, 0) is 13.0 Å². The van der Waals surface area contributed by atoms with Gasteiger partial charge in [0.05, 0.1) is 14.2 Å². The number of hydrogen-bond acceptors (Lipinski definition) is 8. The van der Waals surface area contributed by atoms with Crippen molar-refractivity contribution in [3.05, 3.63) is 35.4 Å². The van der Waals surface area contributed by atoms with Crippen LogP contribution in [0.2, 0.25) is 0 Å². The van der Waals surface area contributed by atoms with Crippen molar-refractivity contribution in [3.63, 3.8) is 0 Å². The maximum Gasteiger partial charge on any atom is 0.308 e. The molecule has 0 radical (unpaired) electrons. The van der Waals surface area contributed by atoms with Crippen molar-refractivity contribution >= 4 is 23.6 Å². The van der Waals surface area contributed by atoms with Gasteiger partial charge in [-0.15, -0.1) is 0 Å². The van der Waals surface area contributed by atoms with E-state index in [-0.39, 0.29) is 30.0 Å². The number of esters is 1. The molecule has 1 unspecified atom stereocenters. The predicted octanol–water partition coefficient (Wildman–Crippen LogP) is 1.40. The molecule has 0 saturated carbocycles. The second-order valence-electron chi connectivity index (χ2n) is 6.36. The van der Waals surface area contributed by atoms with Crippen LogP contribution in [-0.2, 0) is 34.3 Å². The maximum absolute atomic E-state index is 13.2. The van der Waals surface area contributed by atoms with E-state index in [0.717, 1.165) is 11.8 Å². The second-order valence-corrected chi connectivity index (χ2v) is 6.36. The molecule has 1 atom stereocenters. The highest BCUT2D eigenvalue weighted by molar-refractivity contribution is 6.09. The highest BCUT2D eigenvalue weighted by Gasteiger charge is 2.54. The first-order chi connectivity index (χ1) is 13.2. The number of para-hydroxylation sites is 1. The van der Waals surface area contributed by atoms with E-state index in [4.69, 9.17) is 18.9 Å². The third kappa shape index (κ3) is 2.88. The first-order valence-corrected chi connectivity index (χ1v) is 8.48. The van der Waals surface area contributed by atoms with E-state index in [0.29, 0.717) is 5.75 Å². The molecule has 1 aromatic rings. The lowest BCUT2D eigenvalue weighted by molar-refractivity contribution is -0.144. The van der Waals surface area contributed by atoms with Crippen LogP contribution in [0.15, 0.2) is 29.8 Å². The van der Waals surface area contributed by atoms with E-state index < -0.39 is 34.9 Å². The van der Waals surface area contributed by atoms with Crippen LogP contribution in [0.3, 0.4) is 0 Å². The fourth-order valence-electron chi connectivity index (χ4n) is 3.22. The molecule has 1 saturated heterocycles. The number of amides is 2. The summed E-state index contributed by atoms with van der Waals surface area (Å²) in [6.07, 6.45) is -0.0428. The number of carbonyl (C=O) groups is 4. The van der Waals surface area contributed by atoms with Crippen molar-refractivity contribution in [2.45, 2.75) is 32.3 Å². The summed E-state index contributed by atoms with van der Waals surface area (Å²) >= 11 is 0. The van der Waals surface area contributed by atoms with Gasteiger partial charge in [0, 0.05) is 25.3 Å². The Morgan fingerprint density at radius 3 is 2.29 bits per heavy atom. The fraction of sp³-hybridized carbons (Fsp3) is 0.368. The molecule has 1 aromatic carbocycles. The molecular weight excluding hydrogens is 370 g/mol. The summed E-state index contributed by atoms with van der Waals surface area (Å²) in [6, 6.07) is 4.86. The molecule has 0 spiro atoms. The number of methoxy groups -OCH3 is 2. The van der Waals surface area contributed by atoms with Gasteiger partial charge < -0.3 is 18.9 Å². The molecule has 1 fully saturated rings. The topological polar surface area (TPSA) is 108 Å². The third-order valence-electron chi connectivity index (χ3n) is 4.55. The standard InChI is InChI=1S/C19H19NO8/c1-10(21)27-16-17(24)19(2,11-6-5-7-12(25-3)15(11)26-4)28-18(16)20-13(22)8-9-14(20)23/h5-7H,8-9H2,1-4H3. The van der Waals surface area contributed by atoms with Crippen molar-refractivity contribution in [3.8, 4) is 11.5 Å². The number of rotatable bonds is 5. The molecule has 0 bridgehead atoms. The van der Waals surface area contributed by atoms with E-state index in [1.54, 1.807) is 18.2 Å². The Bertz CT molecular complexity index is 903. The zero-order chi connectivity index (χ0) is 20.6. The van der Waals surface area contributed by atoms with Crippen LogP contribution >= 0.6 is 0 Å². The summed E-state index contributed by atoms with van der Waals surface area (Å²) in [5.41, 5.74) is -1.42. The van der Waals surface area contributed by atoms with Gasteiger partial charge in [0.1, 0.15) is 0 Å². The molecule has 148 valence electrons. The molecule has 0 aliphatic carbocycles. The third-order valence-corrected chi connectivity index (χ3v) is 4.55. The van der Waals surface area contributed by atoms with E-state index in [9.17, 15) is 19.2 Å². The van der Waals surface area contributed by atoms with Gasteiger partial charge in [-0.25, -0.2) is 4.90 Å². The quantitative estimate of drug-likeness (QED) is 0.549. The summed E-state index contributed by atoms with van der Waals surface area (Å²) in [7, 11) is 2.84. The van der Waals surface area contributed by atoms with Crippen molar-refractivity contribution in [2.24, 2.45) is 0 Å². The Morgan fingerprint density at radius 1 is 1.11 bits per heavy atom. The minimum Gasteiger partial charge on any atom is -0.493 e. The number of imide groups is 1. The second kappa shape index (κ2) is 6.99. The molecule has 2 aliphatic rings. The highest BCUT2D eigenvalue weighted by Crippen LogP contribution is 2.47. The number of hydrogen-bond donors (Lipinski definition) is 0. The van der Waals surface area contributed by atoms with Crippen molar-refractivity contribution < 1.29 is 38.1 Å². The largest absolute Gasteiger partial charge is 0.493 e. The van der Waals surface area contributed by atoms with Crippen molar-refractivity contribution in [2.75, 3.05) is 14.2 Å². The van der Waals surface area contributed by atoms with Gasteiger partial charge in [0.25, 0.3) is 11.7 Å². The number of ketones is 1. The lowest BCUT2D eigenvalue weighted by atomic mass is 9.90. The maximum atomic E-state index is 13.2. The molecule has 3 rings (SSSR count). The number of ether oxygens (including phenoxy) is 4. The van der Waals surface area contributed by atoms with E-state index in [1.807, 2.05) is 0 Å². The Labute approximate surface area is 160 Å². The Hall–Kier alpha value is -3.36. The minimum absolute atomic E-state index is 0.0214. The summed E-state index contributed by atoms with van der Waals surface area (Å²) in [4.78, 5) is 49.8. The lowest BCUT2D eigenvalue weighted by Gasteiger charge is -2.27. The van der Waals surface area contributed by atoms with Gasteiger partial charge in [-0.2, -0.15) is 0 Å². The van der Waals surface area contributed by atoms with Gasteiger partial charge in [0.2, 0.25) is 23.2 Å². The molecule has 2 heterocycles. The molecule has 0 N–H and O–H groups in total. The summed E-state index contributed by atoms with van der Waals surface area (Å²) in [6.45, 7) is 2.54. The van der Waals surface area contributed by atoms with Crippen LogP contribution in [0.5, 0.6) is 11.5 Å².